The number of carbonyl (C=O) groups excluding carboxylic acids is 3. The Morgan fingerprint density at radius 1 is 1.19 bits per heavy atom. The number of nitrogens with one attached hydrogen (secondary N) is 1. The number of halogens is 3. The molecule has 0 bridgehead atoms. The number of allylic oxidation sites excluding steroid dienone is 1. The van der Waals surface area contributed by atoms with E-state index in [0.717, 1.165) is 24.0 Å². The number of carbonyl (C=O) groups is 3. The smallest absolute Gasteiger partial charge is 0.341 e. The van der Waals surface area contributed by atoms with Gasteiger partial charge in [-0.3, -0.25) is 14.5 Å². The van der Waals surface area contributed by atoms with Gasteiger partial charge in [0.15, 0.2) is 5.78 Å². The monoisotopic (exact) mass is 384 g/mol. The van der Waals surface area contributed by atoms with E-state index >= 15 is 0 Å². The van der Waals surface area contributed by atoms with Crippen LogP contribution in [0.15, 0.2) is 29.8 Å². The van der Waals surface area contributed by atoms with Crippen molar-refractivity contribution in [2.75, 3.05) is 14.1 Å². The molecule has 1 aromatic carbocycles. The number of likely N-dealkylation sites (N-methyl/N-ethyl adjacent to an activating group) is 1. The average molecular weight is 384 g/mol. The third kappa shape index (κ3) is 5.67. The summed E-state index contributed by atoms with van der Waals surface area (Å²) in [6.45, 7) is 3.04. The minimum atomic E-state index is -4.55. The van der Waals surface area contributed by atoms with Gasteiger partial charge in [0, 0.05) is 14.1 Å². The summed E-state index contributed by atoms with van der Waals surface area (Å²) < 4.78 is 39.2. The number of ketones is 1. The molecule has 0 atom stereocenters. The summed E-state index contributed by atoms with van der Waals surface area (Å²) in [5.74, 6) is -1.47. The van der Waals surface area contributed by atoms with Gasteiger partial charge < -0.3 is 5.32 Å². The van der Waals surface area contributed by atoms with Gasteiger partial charge in [-0.2, -0.15) is 13.2 Å². The van der Waals surface area contributed by atoms with E-state index in [4.69, 9.17) is 0 Å². The zero-order valence-corrected chi connectivity index (χ0v) is 15.7. The highest BCUT2D eigenvalue weighted by Gasteiger charge is 2.32. The van der Waals surface area contributed by atoms with Crippen LogP contribution in [-0.2, 0) is 15.8 Å². The van der Waals surface area contributed by atoms with Crippen LogP contribution in [0.1, 0.15) is 44.2 Å². The molecule has 0 aliphatic carbocycles. The van der Waals surface area contributed by atoms with Crippen molar-refractivity contribution >= 4 is 23.3 Å². The maximum Gasteiger partial charge on any atom is 0.416 e. The van der Waals surface area contributed by atoms with Crippen molar-refractivity contribution in [3.8, 4) is 0 Å². The number of amides is 3. The van der Waals surface area contributed by atoms with Gasteiger partial charge in [0.25, 0.3) is 5.91 Å². The molecule has 0 radical (unpaired) electrons. The second-order valence-corrected chi connectivity index (χ2v) is 6.01. The number of imide groups is 1. The minimum absolute atomic E-state index is 0.141. The first-order valence-corrected chi connectivity index (χ1v) is 8.46. The Bertz CT molecular complexity index is 755. The van der Waals surface area contributed by atoms with Crippen LogP contribution in [0.25, 0.3) is 5.57 Å². The van der Waals surface area contributed by atoms with Gasteiger partial charge in [0.05, 0.1) is 11.1 Å². The molecule has 1 N–H and O–H groups in total. The number of nitrogens with zero attached hydrogens (tertiary/aromatic N) is 1. The van der Waals surface area contributed by atoms with E-state index in [1.807, 2.05) is 6.92 Å². The summed E-state index contributed by atoms with van der Waals surface area (Å²) in [6.07, 6.45) is -3.03. The molecule has 0 saturated heterocycles. The van der Waals surface area contributed by atoms with Gasteiger partial charge in [-0.1, -0.05) is 25.5 Å². The van der Waals surface area contributed by atoms with Crippen LogP contribution in [-0.4, -0.2) is 36.7 Å². The largest absolute Gasteiger partial charge is 0.416 e. The summed E-state index contributed by atoms with van der Waals surface area (Å²) >= 11 is 0. The number of urea groups is 1. The fourth-order valence-electron chi connectivity index (χ4n) is 2.57. The Kier molecular flexibility index (Phi) is 7.75. The lowest BCUT2D eigenvalue weighted by Gasteiger charge is -2.19. The molecule has 5 nitrogen and oxygen atoms in total. The molecule has 0 unspecified atom stereocenters. The van der Waals surface area contributed by atoms with E-state index < -0.39 is 29.5 Å². The van der Waals surface area contributed by atoms with E-state index in [1.54, 1.807) is 0 Å². The summed E-state index contributed by atoms with van der Waals surface area (Å²) in [5, 5.41) is 2.27. The third-order valence-corrected chi connectivity index (χ3v) is 4.01. The van der Waals surface area contributed by atoms with E-state index in [0.29, 0.717) is 12.8 Å². The zero-order valence-electron chi connectivity index (χ0n) is 15.7. The van der Waals surface area contributed by atoms with Crippen molar-refractivity contribution < 1.29 is 27.6 Å². The highest BCUT2D eigenvalue weighted by molar-refractivity contribution is 6.26. The molecule has 1 aromatic rings. The molecular formula is C19H23F3N2O3. The quantitative estimate of drug-likeness (QED) is 0.457. The number of hydrogen-bond donors (Lipinski definition) is 1. The Morgan fingerprint density at radius 3 is 2.30 bits per heavy atom. The van der Waals surface area contributed by atoms with Crippen LogP contribution in [0.5, 0.6) is 0 Å². The lowest BCUT2D eigenvalue weighted by atomic mass is 9.91. The highest BCUT2D eigenvalue weighted by Crippen LogP contribution is 2.33. The van der Waals surface area contributed by atoms with Gasteiger partial charge in [-0.05, 0) is 43.0 Å². The number of rotatable bonds is 6. The molecule has 0 heterocycles. The predicted molar refractivity (Wildman–Crippen MR) is 95.8 cm³/mol. The van der Waals surface area contributed by atoms with E-state index in [-0.39, 0.29) is 23.1 Å². The molecule has 27 heavy (non-hydrogen) atoms. The summed E-state index contributed by atoms with van der Waals surface area (Å²) in [6, 6.07) is 3.77. The van der Waals surface area contributed by atoms with Crippen molar-refractivity contribution in [1.29, 1.82) is 0 Å². The molecule has 0 fully saturated rings. The SMILES string of the molecule is CCCC/C(=C(/C(C)=O)C(=O)N(C)C(=O)NC)c1cccc(C(F)(F)F)c1. The molecule has 0 aliphatic rings. The Labute approximate surface area is 156 Å². The van der Waals surface area contributed by atoms with Crippen molar-refractivity contribution in [2.45, 2.75) is 39.3 Å². The van der Waals surface area contributed by atoms with E-state index in [9.17, 15) is 27.6 Å². The first-order valence-electron chi connectivity index (χ1n) is 8.46. The Balaban J connectivity index is 3.62. The number of Topliss-reactive ketones (excluding diaryl/α,β-unsaturated/α-hetero) is 1. The second kappa shape index (κ2) is 9.34. The molecular weight excluding hydrogens is 361 g/mol. The first kappa shape index (κ1) is 22.4. The maximum absolute atomic E-state index is 13.1. The van der Waals surface area contributed by atoms with E-state index in [1.165, 1.54) is 26.2 Å². The molecule has 0 saturated carbocycles. The average Bonchev–Trinajstić information content (AvgIpc) is 2.62. The Hall–Kier alpha value is -2.64. The van der Waals surface area contributed by atoms with Gasteiger partial charge >= 0.3 is 12.2 Å². The van der Waals surface area contributed by atoms with Gasteiger partial charge in [0.2, 0.25) is 0 Å². The molecule has 3 amide bonds. The van der Waals surface area contributed by atoms with Crippen molar-refractivity contribution in [3.63, 3.8) is 0 Å². The second-order valence-electron chi connectivity index (χ2n) is 6.01. The number of unbranched alkanes of at least 4 members (excludes halogenated alkanes) is 1. The molecule has 0 aromatic heterocycles. The predicted octanol–water partition coefficient (Wildman–Crippen LogP) is 4.04. The van der Waals surface area contributed by atoms with Crippen LogP contribution in [0, 0.1) is 0 Å². The van der Waals surface area contributed by atoms with Gasteiger partial charge in [0.1, 0.15) is 0 Å². The third-order valence-electron chi connectivity index (χ3n) is 4.01. The molecule has 8 heteroatoms. The van der Waals surface area contributed by atoms with Gasteiger partial charge in [-0.25, -0.2) is 4.79 Å². The lowest BCUT2D eigenvalue weighted by molar-refractivity contribution is -0.137. The number of alkyl halides is 3. The van der Waals surface area contributed by atoms with Crippen molar-refractivity contribution in [1.82, 2.24) is 10.2 Å². The van der Waals surface area contributed by atoms with Crippen LogP contribution >= 0.6 is 0 Å². The summed E-state index contributed by atoms with van der Waals surface area (Å²) in [4.78, 5) is 37.4. The fraction of sp³-hybridized carbons (Fsp3) is 0.421. The minimum Gasteiger partial charge on any atom is -0.341 e. The first-order chi connectivity index (χ1) is 12.5. The fourth-order valence-corrected chi connectivity index (χ4v) is 2.57. The maximum atomic E-state index is 13.1. The number of benzene rings is 1. The zero-order chi connectivity index (χ0) is 20.8. The molecule has 0 aliphatic heterocycles. The Morgan fingerprint density at radius 2 is 1.81 bits per heavy atom. The molecule has 148 valence electrons. The molecule has 1 rings (SSSR count). The highest BCUT2D eigenvalue weighted by atomic mass is 19.4. The van der Waals surface area contributed by atoms with Crippen LogP contribution in [0.4, 0.5) is 18.0 Å². The molecule has 0 spiro atoms. The summed E-state index contributed by atoms with van der Waals surface area (Å²) in [5.41, 5.74) is -0.809. The summed E-state index contributed by atoms with van der Waals surface area (Å²) in [7, 11) is 2.53. The van der Waals surface area contributed by atoms with Crippen molar-refractivity contribution in [2.24, 2.45) is 0 Å². The lowest BCUT2D eigenvalue weighted by Crippen LogP contribution is -2.41. The standard InChI is InChI=1S/C19H23F3N2O3/c1-5-6-10-15(13-8-7-9-14(11-13)19(20,21)22)16(12(2)25)17(26)24(4)18(27)23-3/h7-9,11H,5-6,10H2,1-4H3,(H,23,27)/b16-15+. The van der Waals surface area contributed by atoms with Crippen LogP contribution < -0.4 is 5.32 Å². The topological polar surface area (TPSA) is 66.5 Å². The normalized spacial score (nSPS) is 12.3. The van der Waals surface area contributed by atoms with Crippen LogP contribution in [0.3, 0.4) is 0 Å². The van der Waals surface area contributed by atoms with E-state index in [2.05, 4.69) is 5.32 Å². The van der Waals surface area contributed by atoms with Crippen LogP contribution in [0.2, 0.25) is 0 Å². The van der Waals surface area contributed by atoms with Crippen molar-refractivity contribution in [3.05, 3.63) is 41.0 Å². The number of hydrogen-bond acceptors (Lipinski definition) is 3. The van der Waals surface area contributed by atoms with Gasteiger partial charge in [-0.15, -0.1) is 0 Å².